The van der Waals surface area contributed by atoms with Gasteiger partial charge in [0.15, 0.2) is 0 Å². The Balaban J connectivity index is 2.45. The van der Waals surface area contributed by atoms with Crippen molar-refractivity contribution in [3.05, 3.63) is 24.0 Å². The van der Waals surface area contributed by atoms with Gasteiger partial charge in [-0.2, -0.15) is 10.2 Å². The Bertz CT molecular complexity index is 372. The Hall–Kier alpha value is -1.69. The van der Waals surface area contributed by atoms with Crippen LogP contribution < -0.4 is 5.32 Å². The number of halogens is 1. The van der Waals surface area contributed by atoms with Crippen LogP contribution in [0.5, 0.6) is 0 Å². The quantitative estimate of drug-likeness (QED) is 0.594. The average molecular weight is 244 g/mol. The number of carbonyl (C=O) groups is 2. The number of amides is 1. The maximum absolute atomic E-state index is 11.5. The number of rotatable bonds is 4. The Morgan fingerprint density at radius 3 is 2.88 bits per heavy atom. The number of aromatic nitrogens is 2. The van der Waals surface area contributed by atoms with Crippen molar-refractivity contribution in [1.29, 1.82) is 0 Å². The monoisotopic (exact) mass is 243 g/mol. The van der Waals surface area contributed by atoms with Crippen molar-refractivity contribution in [3.63, 3.8) is 0 Å². The molecule has 0 saturated carbocycles. The average Bonchev–Trinajstić information content (AvgIpc) is 2.35. The third-order valence-electron chi connectivity index (χ3n) is 1.75. The third kappa shape index (κ3) is 3.47. The van der Waals surface area contributed by atoms with E-state index < -0.39 is 11.3 Å². The minimum absolute atomic E-state index is 0.00458. The number of ether oxygens (including phenoxy) is 1. The van der Waals surface area contributed by atoms with Gasteiger partial charge in [0.2, 0.25) is 0 Å². The SMILES string of the molecule is COC(=O)C(Cl)CNC(=O)c1ccnnc1. The molecular weight excluding hydrogens is 234 g/mol. The Morgan fingerprint density at radius 2 is 2.31 bits per heavy atom. The highest BCUT2D eigenvalue weighted by molar-refractivity contribution is 6.30. The van der Waals surface area contributed by atoms with Gasteiger partial charge in [-0.25, -0.2) is 0 Å². The minimum atomic E-state index is -0.899. The van der Waals surface area contributed by atoms with Crippen LogP contribution in [0.25, 0.3) is 0 Å². The van der Waals surface area contributed by atoms with E-state index in [0.717, 1.165) is 0 Å². The molecule has 1 aromatic rings. The van der Waals surface area contributed by atoms with Gasteiger partial charge in [0.05, 0.1) is 25.1 Å². The zero-order valence-electron chi connectivity index (χ0n) is 8.51. The highest BCUT2D eigenvalue weighted by atomic mass is 35.5. The van der Waals surface area contributed by atoms with E-state index in [9.17, 15) is 9.59 Å². The highest BCUT2D eigenvalue weighted by Crippen LogP contribution is 1.98. The molecule has 16 heavy (non-hydrogen) atoms. The minimum Gasteiger partial charge on any atom is -0.468 e. The van der Waals surface area contributed by atoms with Crippen molar-refractivity contribution in [2.24, 2.45) is 0 Å². The van der Waals surface area contributed by atoms with Gasteiger partial charge in [0, 0.05) is 6.54 Å². The van der Waals surface area contributed by atoms with E-state index in [1.165, 1.54) is 25.6 Å². The second-order valence-electron chi connectivity index (χ2n) is 2.83. The molecule has 1 N–H and O–H groups in total. The first-order valence-corrected chi connectivity index (χ1v) is 4.85. The summed E-state index contributed by atoms with van der Waals surface area (Å²) in [6.07, 6.45) is 2.71. The van der Waals surface area contributed by atoms with Gasteiger partial charge in [-0.05, 0) is 6.07 Å². The van der Waals surface area contributed by atoms with Gasteiger partial charge in [0.25, 0.3) is 5.91 Å². The molecule has 0 aliphatic heterocycles. The molecular formula is C9H10ClN3O3. The largest absolute Gasteiger partial charge is 0.468 e. The first-order valence-electron chi connectivity index (χ1n) is 4.42. The molecule has 1 heterocycles. The van der Waals surface area contributed by atoms with Crippen molar-refractivity contribution in [3.8, 4) is 0 Å². The lowest BCUT2D eigenvalue weighted by molar-refractivity contribution is -0.140. The molecule has 1 aromatic heterocycles. The first kappa shape index (κ1) is 12.4. The summed E-state index contributed by atoms with van der Waals surface area (Å²) in [6.45, 7) is -0.00458. The Labute approximate surface area is 97.0 Å². The zero-order chi connectivity index (χ0) is 12.0. The smallest absolute Gasteiger partial charge is 0.325 e. The van der Waals surface area contributed by atoms with Crippen LogP contribution in [-0.4, -0.2) is 41.1 Å². The van der Waals surface area contributed by atoms with Crippen molar-refractivity contribution in [1.82, 2.24) is 15.5 Å². The summed E-state index contributed by atoms with van der Waals surface area (Å²) in [5.41, 5.74) is 0.351. The fraction of sp³-hybridized carbons (Fsp3) is 0.333. The molecule has 86 valence electrons. The maximum Gasteiger partial charge on any atom is 0.325 e. The van der Waals surface area contributed by atoms with Gasteiger partial charge in [-0.1, -0.05) is 0 Å². The molecule has 0 aliphatic rings. The molecule has 1 rings (SSSR count). The molecule has 0 bridgehead atoms. The topological polar surface area (TPSA) is 81.2 Å². The molecule has 6 nitrogen and oxygen atoms in total. The van der Waals surface area contributed by atoms with Crippen LogP contribution >= 0.6 is 11.6 Å². The van der Waals surface area contributed by atoms with Gasteiger partial charge >= 0.3 is 5.97 Å². The number of methoxy groups -OCH3 is 1. The molecule has 0 spiro atoms. The molecule has 0 aromatic carbocycles. The standard InChI is InChI=1S/C9H10ClN3O3/c1-16-9(15)7(10)5-11-8(14)6-2-3-12-13-4-6/h2-4,7H,5H2,1H3,(H,11,14). The molecule has 0 radical (unpaired) electrons. The normalized spacial score (nSPS) is 11.6. The highest BCUT2D eigenvalue weighted by Gasteiger charge is 2.16. The van der Waals surface area contributed by atoms with Crippen LogP contribution in [0.3, 0.4) is 0 Å². The first-order chi connectivity index (χ1) is 7.65. The van der Waals surface area contributed by atoms with Crippen molar-refractivity contribution in [2.45, 2.75) is 5.38 Å². The van der Waals surface area contributed by atoms with Crippen molar-refractivity contribution < 1.29 is 14.3 Å². The zero-order valence-corrected chi connectivity index (χ0v) is 9.27. The lowest BCUT2D eigenvalue weighted by atomic mass is 10.3. The van der Waals surface area contributed by atoms with Gasteiger partial charge in [-0.3, -0.25) is 9.59 Å². The number of nitrogens with one attached hydrogen (secondary N) is 1. The van der Waals surface area contributed by atoms with Crippen LogP contribution in [0.15, 0.2) is 18.5 Å². The van der Waals surface area contributed by atoms with Crippen molar-refractivity contribution >= 4 is 23.5 Å². The van der Waals surface area contributed by atoms with E-state index in [4.69, 9.17) is 11.6 Å². The Morgan fingerprint density at radius 1 is 1.56 bits per heavy atom. The number of carbonyl (C=O) groups excluding carboxylic acids is 2. The molecule has 1 atom stereocenters. The fourth-order valence-electron chi connectivity index (χ4n) is 0.921. The van der Waals surface area contributed by atoms with Crippen LogP contribution in [0.4, 0.5) is 0 Å². The summed E-state index contributed by atoms with van der Waals surface area (Å²) >= 11 is 5.65. The number of esters is 1. The van der Waals surface area contributed by atoms with Gasteiger partial charge in [0.1, 0.15) is 5.38 Å². The lowest BCUT2D eigenvalue weighted by Gasteiger charge is -2.08. The third-order valence-corrected chi connectivity index (χ3v) is 2.08. The van der Waals surface area contributed by atoms with Crippen LogP contribution in [0.1, 0.15) is 10.4 Å². The number of alkyl halides is 1. The molecule has 1 amide bonds. The van der Waals surface area contributed by atoms with E-state index >= 15 is 0 Å². The fourth-order valence-corrected chi connectivity index (χ4v) is 1.09. The lowest BCUT2D eigenvalue weighted by Crippen LogP contribution is -2.34. The van der Waals surface area contributed by atoms with Gasteiger partial charge < -0.3 is 10.1 Å². The van der Waals surface area contributed by atoms with Crippen LogP contribution in [0, 0.1) is 0 Å². The summed E-state index contributed by atoms with van der Waals surface area (Å²) in [4.78, 5) is 22.4. The van der Waals surface area contributed by atoms with E-state index in [1.807, 2.05) is 0 Å². The van der Waals surface area contributed by atoms with E-state index in [1.54, 1.807) is 0 Å². The summed E-state index contributed by atoms with van der Waals surface area (Å²) < 4.78 is 4.41. The second-order valence-corrected chi connectivity index (χ2v) is 3.36. The Kier molecular flexibility index (Phi) is 4.65. The number of hydrogen-bond donors (Lipinski definition) is 1. The summed E-state index contributed by atoms with van der Waals surface area (Å²) in [7, 11) is 1.23. The van der Waals surface area contributed by atoms with Crippen LogP contribution in [0.2, 0.25) is 0 Å². The molecule has 1 unspecified atom stereocenters. The molecule has 0 aliphatic carbocycles. The van der Waals surface area contributed by atoms with E-state index in [0.29, 0.717) is 5.56 Å². The summed E-state index contributed by atoms with van der Waals surface area (Å²) in [5.74, 6) is -0.959. The molecule has 0 fully saturated rings. The predicted octanol–water partition coefficient (Wildman–Crippen LogP) is -0.0132. The van der Waals surface area contributed by atoms with E-state index in [-0.39, 0.29) is 12.5 Å². The maximum atomic E-state index is 11.5. The molecule has 0 saturated heterocycles. The second kappa shape index (κ2) is 6.02. The summed E-state index contributed by atoms with van der Waals surface area (Å²) in [6, 6.07) is 1.50. The van der Waals surface area contributed by atoms with Gasteiger partial charge in [-0.15, -0.1) is 11.6 Å². The van der Waals surface area contributed by atoms with Crippen molar-refractivity contribution in [2.75, 3.05) is 13.7 Å². The van der Waals surface area contributed by atoms with E-state index in [2.05, 4.69) is 20.3 Å². The predicted molar refractivity (Wildman–Crippen MR) is 56.0 cm³/mol. The number of hydrogen-bond acceptors (Lipinski definition) is 5. The molecule has 7 heteroatoms. The summed E-state index contributed by atoms with van der Waals surface area (Å²) in [5, 5.41) is 8.66. The van der Waals surface area contributed by atoms with Crippen LogP contribution in [-0.2, 0) is 9.53 Å². The number of nitrogens with zero attached hydrogens (tertiary/aromatic N) is 2.